The van der Waals surface area contributed by atoms with Crippen molar-refractivity contribution in [1.29, 1.82) is 5.26 Å². The van der Waals surface area contributed by atoms with Gasteiger partial charge in [-0.3, -0.25) is 10.1 Å². The Hall–Kier alpha value is -3.71. The monoisotopic (exact) mass is 392 g/mol. The lowest BCUT2D eigenvalue weighted by Gasteiger charge is -2.15. The van der Waals surface area contributed by atoms with Crippen molar-refractivity contribution in [2.24, 2.45) is 11.7 Å². The number of nitrogens with one attached hydrogen (secondary N) is 2. The molecule has 148 valence electrons. The molecule has 0 fully saturated rings. The number of H-pyrrole nitrogens is 1. The van der Waals surface area contributed by atoms with Gasteiger partial charge in [0.1, 0.15) is 11.9 Å². The van der Waals surface area contributed by atoms with E-state index in [1.165, 1.54) is 12.4 Å². The Morgan fingerprint density at radius 2 is 2.21 bits per heavy atom. The van der Waals surface area contributed by atoms with Gasteiger partial charge in [-0.1, -0.05) is 6.92 Å². The summed E-state index contributed by atoms with van der Waals surface area (Å²) in [5.41, 5.74) is 8.34. The summed E-state index contributed by atoms with van der Waals surface area (Å²) >= 11 is 0. The van der Waals surface area contributed by atoms with Gasteiger partial charge in [0.15, 0.2) is 23.0 Å². The van der Waals surface area contributed by atoms with E-state index in [4.69, 9.17) is 20.5 Å². The largest absolute Gasteiger partial charge is 0.491 e. The molecule has 1 unspecified atom stereocenters. The number of anilines is 2. The van der Waals surface area contributed by atoms with Crippen LogP contribution in [0.4, 0.5) is 11.6 Å². The van der Waals surface area contributed by atoms with Gasteiger partial charge in [0, 0.05) is 18.4 Å². The number of pyridine rings is 1. The molecule has 0 bridgehead atoms. The number of rotatable bonds is 7. The Kier molecular flexibility index (Phi) is 5.22. The summed E-state index contributed by atoms with van der Waals surface area (Å²) in [6, 6.07) is 3.76. The van der Waals surface area contributed by atoms with E-state index in [9.17, 15) is 0 Å². The molecule has 4 N–H and O–H groups in total. The van der Waals surface area contributed by atoms with Crippen molar-refractivity contribution in [3.8, 4) is 28.8 Å². The van der Waals surface area contributed by atoms with E-state index in [2.05, 4.69) is 30.5 Å². The molecule has 1 atom stereocenters. The molecule has 3 aromatic rings. The van der Waals surface area contributed by atoms with Crippen molar-refractivity contribution in [2.45, 2.75) is 13.3 Å². The maximum Gasteiger partial charge on any atom is 0.158 e. The first-order valence-electron chi connectivity index (χ1n) is 9.20. The van der Waals surface area contributed by atoms with Crippen molar-refractivity contribution in [3.63, 3.8) is 0 Å². The van der Waals surface area contributed by atoms with E-state index in [0.717, 1.165) is 23.4 Å². The van der Waals surface area contributed by atoms with E-state index in [1.807, 2.05) is 19.1 Å². The maximum absolute atomic E-state index is 8.82. The summed E-state index contributed by atoms with van der Waals surface area (Å²) in [5, 5.41) is 19.2. The van der Waals surface area contributed by atoms with Crippen molar-refractivity contribution >= 4 is 11.6 Å². The van der Waals surface area contributed by atoms with Gasteiger partial charge in [-0.15, -0.1) is 0 Å². The average Bonchev–Trinajstić information content (AvgIpc) is 3.41. The highest BCUT2D eigenvalue weighted by Gasteiger charge is 2.25. The molecule has 0 saturated heterocycles. The minimum Gasteiger partial charge on any atom is -0.491 e. The van der Waals surface area contributed by atoms with Crippen molar-refractivity contribution in [1.82, 2.24) is 25.1 Å². The minimum atomic E-state index is 0.214. The maximum atomic E-state index is 8.82. The van der Waals surface area contributed by atoms with Crippen LogP contribution in [-0.4, -0.2) is 44.9 Å². The number of nitriles is 1. The molecule has 29 heavy (non-hydrogen) atoms. The summed E-state index contributed by atoms with van der Waals surface area (Å²) in [7, 11) is 0. The molecule has 0 aromatic carbocycles. The fraction of sp³-hybridized carbons (Fsp3) is 0.316. The van der Waals surface area contributed by atoms with Crippen LogP contribution in [0, 0.1) is 17.2 Å². The Labute approximate surface area is 167 Å². The fourth-order valence-corrected chi connectivity index (χ4v) is 2.86. The third-order valence-corrected chi connectivity index (χ3v) is 4.45. The van der Waals surface area contributed by atoms with Gasteiger partial charge < -0.3 is 20.5 Å². The number of nitrogens with two attached hydrogens (primary N) is 1. The van der Waals surface area contributed by atoms with Crippen LogP contribution < -0.4 is 20.5 Å². The predicted molar refractivity (Wildman–Crippen MR) is 105 cm³/mol. The van der Waals surface area contributed by atoms with Crippen LogP contribution in [0.2, 0.25) is 0 Å². The van der Waals surface area contributed by atoms with E-state index in [-0.39, 0.29) is 11.6 Å². The standard InChI is InChI=1S/C19H20N8O2/c1-11(5-20)10-29-15-8-23-13-2-3-28-19(13)18(15)14-4-16(27-26-14)25-17-9-22-12(6-21)7-24-17/h4,7-9,11H,2-3,5,10,20H2,1H3,(H2,24,25,26,27). The molecule has 1 aliphatic rings. The zero-order valence-corrected chi connectivity index (χ0v) is 15.8. The second kappa shape index (κ2) is 8.12. The molecular formula is C19H20N8O2. The van der Waals surface area contributed by atoms with Crippen LogP contribution >= 0.6 is 0 Å². The Bertz CT molecular complexity index is 1040. The van der Waals surface area contributed by atoms with E-state index < -0.39 is 0 Å². The van der Waals surface area contributed by atoms with E-state index >= 15 is 0 Å². The van der Waals surface area contributed by atoms with Crippen molar-refractivity contribution in [3.05, 3.63) is 36.0 Å². The van der Waals surface area contributed by atoms with Crippen LogP contribution in [0.15, 0.2) is 24.7 Å². The number of fused-ring (bicyclic) bond motifs is 1. The molecule has 4 rings (SSSR count). The number of hydrogen-bond acceptors (Lipinski definition) is 9. The second-order valence-corrected chi connectivity index (χ2v) is 6.71. The molecule has 1 aliphatic heterocycles. The Balaban J connectivity index is 1.62. The van der Waals surface area contributed by atoms with E-state index in [1.54, 1.807) is 6.20 Å². The van der Waals surface area contributed by atoms with Gasteiger partial charge in [-0.05, 0) is 6.54 Å². The topological polar surface area (TPSA) is 148 Å². The van der Waals surface area contributed by atoms with Gasteiger partial charge >= 0.3 is 0 Å². The van der Waals surface area contributed by atoms with Gasteiger partial charge in [0.25, 0.3) is 0 Å². The first-order chi connectivity index (χ1) is 14.2. The molecule has 4 heterocycles. The van der Waals surface area contributed by atoms with Crippen molar-refractivity contribution < 1.29 is 9.47 Å². The molecular weight excluding hydrogens is 372 g/mol. The lowest BCUT2D eigenvalue weighted by atomic mass is 10.1. The summed E-state index contributed by atoms with van der Waals surface area (Å²) in [5.74, 6) is 2.55. The molecule has 3 aromatic heterocycles. The first kappa shape index (κ1) is 18.6. The van der Waals surface area contributed by atoms with Gasteiger partial charge in [0.2, 0.25) is 0 Å². The van der Waals surface area contributed by atoms with Crippen LogP contribution in [0.5, 0.6) is 11.5 Å². The summed E-state index contributed by atoms with van der Waals surface area (Å²) in [6.07, 6.45) is 5.33. The first-order valence-corrected chi connectivity index (χ1v) is 9.20. The van der Waals surface area contributed by atoms with Crippen LogP contribution in [0.1, 0.15) is 18.3 Å². The molecule has 0 radical (unpaired) electrons. The molecule has 0 amide bonds. The normalized spacial score (nSPS) is 13.3. The molecule has 0 saturated carbocycles. The lowest BCUT2D eigenvalue weighted by molar-refractivity contribution is 0.262. The second-order valence-electron chi connectivity index (χ2n) is 6.71. The molecule has 10 heteroatoms. The molecule has 0 aliphatic carbocycles. The molecule has 10 nitrogen and oxygen atoms in total. The zero-order valence-electron chi connectivity index (χ0n) is 15.8. The number of aromatic amines is 1. The number of aromatic nitrogens is 5. The van der Waals surface area contributed by atoms with Gasteiger partial charge in [-0.25, -0.2) is 9.97 Å². The van der Waals surface area contributed by atoms with Crippen LogP contribution in [0.25, 0.3) is 11.3 Å². The zero-order chi connectivity index (χ0) is 20.2. The number of ether oxygens (including phenoxy) is 2. The highest BCUT2D eigenvalue weighted by molar-refractivity contribution is 5.77. The lowest BCUT2D eigenvalue weighted by Crippen LogP contribution is -2.18. The summed E-state index contributed by atoms with van der Waals surface area (Å²) in [4.78, 5) is 12.6. The minimum absolute atomic E-state index is 0.214. The quantitative estimate of drug-likeness (QED) is 0.547. The Morgan fingerprint density at radius 1 is 1.31 bits per heavy atom. The SMILES string of the molecule is CC(CN)COc1cnc2c(c1-c1cc(Nc3cnc(C#N)cn3)n[nH]1)OCC2. The van der Waals surface area contributed by atoms with Gasteiger partial charge in [-0.2, -0.15) is 10.4 Å². The fourth-order valence-electron chi connectivity index (χ4n) is 2.86. The summed E-state index contributed by atoms with van der Waals surface area (Å²) in [6.45, 7) is 3.61. The van der Waals surface area contributed by atoms with Crippen LogP contribution in [0.3, 0.4) is 0 Å². The third kappa shape index (κ3) is 3.95. The van der Waals surface area contributed by atoms with E-state index in [0.29, 0.717) is 42.9 Å². The average molecular weight is 392 g/mol. The third-order valence-electron chi connectivity index (χ3n) is 4.45. The molecule has 0 spiro atoms. The van der Waals surface area contributed by atoms with Crippen molar-refractivity contribution in [2.75, 3.05) is 25.1 Å². The number of hydrogen-bond donors (Lipinski definition) is 3. The summed E-state index contributed by atoms with van der Waals surface area (Å²) < 4.78 is 11.8. The highest BCUT2D eigenvalue weighted by atomic mass is 16.5. The smallest absolute Gasteiger partial charge is 0.158 e. The highest BCUT2D eigenvalue weighted by Crippen LogP contribution is 2.42. The predicted octanol–water partition coefficient (Wildman–Crippen LogP) is 1.79. The van der Waals surface area contributed by atoms with Crippen LogP contribution in [-0.2, 0) is 6.42 Å². The number of nitrogens with zero attached hydrogens (tertiary/aromatic N) is 5. The Morgan fingerprint density at radius 3 is 2.97 bits per heavy atom. The van der Waals surface area contributed by atoms with Gasteiger partial charge in [0.05, 0.1) is 48.8 Å².